The average molecular weight is 385 g/mol. The lowest BCUT2D eigenvalue weighted by molar-refractivity contribution is -0.137. The Morgan fingerprint density at radius 1 is 0.897 bits per heavy atom. The molecule has 0 saturated heterocycles. The molecule has 4 aromatic carbocycles. The number of carbonyl (C=O) groups is 1. The van der Waals surface area contributed by atoms with Crippen molar-refractivity contribution < 1.29 is 20.1 Å². The van der Waals surface area contributed by atoms with Crippen LogP contribution in [0.2, 0.25) is 0 Å². The largest absolute Gasteiger partial charge is 0.507 e. The Hall–Kier alpha value is -3.86. The number of aromatic hydroxyl groups is 2. The highest BCUT2D eigenvalue weighted by atomic mass is 16.4. The number of phenols is 2. The third-order valence-electron chi connectivity index (χ3n) is 5.00. The lowest BCUT2D eigenvalue weighted by atomic mass is 9.90. The first-order valence-corrected chi connectivity index (χ1v) is 9.19. The molecular weight excluding hydrogens is 366 g/mol. The number of hydrogen-bond acceptors (Lipinski definition) is 4. The predicted molar refractivity (Wildman–Crippen MR) is 115 cm³/mol. The van der Waals surface area contributed by atoms with Crippen LogP contribution in [-0.2, 0) is 4.79 Å². The molecule has 4 rings (SSSR count). The average Bonchev–Trinajstić information content (AvgIpc) is 2.73. The van der Waals surface area contributed by atoms with E-state index >= 15 is 0 Å². The maximum Gasteiger partial charge on any atom is 0.328 e. The fourth-order valence-corrected chi connectivity index (χ4v) is 3.49. The highest BCUT2D eigenvalue weighted by Crippen LogP contribution is 2.45. The fraction of sp³-hybridized carbons (Fsp3) is 0.0833. The molecule has 0 unspecified atom stereocenters. The second-order valence-corrected chi connectivity index (χ2v) is 6.88. The van der Waals surface area contributed by atoms with Gasteiger partial charge in [0.25, 0.3) is 0 Å². The number of carboxylic acids is 1. The molecule has 5 nitrogen and oxygen atoms in total. The van der Waals surface area contributed by atoms with Crippen molar-refractivity contribution in [2.24, 2.45) is 4.99 Å². The van der Waals surface area contributed by atoms with E-state index in [4.69, 9.17) is 5.11 Å². The Balaban J connectivity index is 2.06. The zero-order chi connectivity index (χ0) is 20.5. The number of phenolic OH excluding ortho intramolecular Hbond substituents is 2. The summed E-state index contributed by atoms with van der Waals surface area (Å²) < 4.78 is 0. The van der Waals surface area contributed by atoms with Gasteiger partial charge in [0.05, 0.1) is 0 Å². The molecule has 0 spiro atoms. The Kier molecular flexibility index (Phi) is 4.64. The van der Waals surface area contributed by atoms with Gasteiger partial charge in [0.1, 0.15) is 17.5 Å². The monoisotopic (exact) mass is 385 g/mol. The van der Waals surface area contributed by atoms with Crippen LogP contribution in [-0.4, -0.2) is 33.5 Å². The van der Waals surface area contributed by atoms with Gasteiger partial charge in [0, 0.05) is 22.9 Å². The number of benzene rings is 4. The zero-order valence-electron chi connectivity index (χ0n) is 15.7. The molecule has 0 fully saturated rings. The standard InChI is InChI=1S/C24H19NO4/c1-14(24(28)29)25-13-17-12-16-7-3-5-9-19(16)22(23(17)27)21-18-8-4-2-6-15(18)10-11-20(21)26/h2-14,26-27H,1H3,(H,28,29)/t14-/m1/s1. The fourth-order valence-electron chi connectivity index (χ4n) is 3.49. The highest BCUT2D eigenvalue weighted by Gasteiger charge is 2.19. The summed E-state index contributed by atoms with van der Waals surface area (Å²) in [6.07, 6.45) is 1.37. The summed E-state index contributed by atoms with van der Waals surface area (Å²) in [4.78, 5) is 15.1. The van der Waals surface area contributed by atoms with Crippen LogP contribution >= 0.6 is 0 Å². The lowest BCUT2D eigenvalue weighted by Crippen LogP contribution is -2.13. The maximum absolute atomic E-state index is 11.1. The molecule has 0 aliphatic heterocycles. The summed E-state index contributed by atoms with van der Waals surface area (Å²) >= 11 is 0. The van der Waals surface area contributed by atoms with Crippen molar-refractivity contribution in [3.05, 3.63) is 72.3 Å². The first-order chi connectivity index (χ1) is 14.0. The second kappa shape index (κ2) is 7.28. The van der Waals surface area contributed by atoms with Gasteiger partial charge in [-0.2, -0.15) is 0 Å². The number of rotatable bonds is 4. The molecule has 0 radical (unpaired) electrons. The summed E-state index contributed by atoms with van der Waals surface area (Å²) in [6, 6.07) is 19.4. The summed E-state index contributed by atoms with van der Waals surface area (Å²) in [5.74, 6) is -1.05. The van der Waals surface area contributed by atoms with E-state index in [0.717, 1.165) is 21.5 Å². The van der Waals surface area contributed by atoms with Gasteiger partial charge in [0.15, 0.2) is 0 Å². The van der Waals surface area contributed by atoms with Gasteiger partial charge < -0.3 is 15.3 Å². The minimum absolute atomic E-state index is 0.0529. The Morgan fingerprint density at radius 2 is 1.52 bits per heavy atom. The molecule has 1 atom stereocenters. The van der Waals surface area contributed by atoms with Crippen LogP contribution in [0.4, 0.5) is 0 Å². The number of fused-ring (bicyclic) bond motifs is 2. The number of nitrogens with zero attached hydrogens (tertiary/aromatic N) is 1. The molecule has 0 saturated carbocycles. The molecule has 3 N–H and O–H groups in total. The number of aliphatic imine (C=N–C) groups is 1. The van der Waals surface area contributed by atoms with E-state index in [0.29, 0.717) is 16.7 Å². The Bertz CT molecular complexity index is 1280. The van der Waals surface area contributed by atoms with Gasteiger partial charge in [-0.1, -0.05) is 54.6 Å². The first-order valence-electron chi connectivity index (χ1n) is 9.19. The van der Waals surface area contributed by atoms with Gasteiger partial charge in [-0.25, -0.2) is 4.79 Å². The smallest absolute Gasteiger partial charge is 0.328 e. The van der Waals surface area contributed by atoms with Crippen LogP contribution in [0.15, 0.2) is 71.7 Å². The van der Waals surface area contributed by atoms with Crippen LogP contribution in [0.25, 0.3) is 32.7 Å². The summed E-state index contributed by atoms with van der Waals surface area (Å²) in [5.41, 5.74) is 1.40. The van der Waals surface area contributed by atoms with Gasteiger partial charge in [-0.15, -0.1) is 0 Å². The van der Waals surface area contributed by atoms with Crippen LogP contribution in [0.5, 0.6) is 11.5 Å². The van der Waals surface area contributed by atoms with Crippen LogP contribution in [0, 0.1) is 0 Å². The van der Waals surface area contributed by atoms with E-state index in [1.54, 1.807) is 12.1 Å². The van der Waals surface area contributed by atoms with E-state index in [1.807, 2.05) is 54.6 Å². The van der Waals surface area contributed by atoms with Crippen molar-refractivity contribution >= 4 is 33.7 Å². The van der Waals surface area contributed by atoms with E-state index in [9.17, 15) is 15.0 Å². The zero-order valence-corrected chi connectivity index (χ0v) is 15.7. The number of aliphatic carboxylic acids is 1. The predicted octanol–water partition coefficient (Wildman–Crippen LogP) is 4.96. The molecule has 0 amide bonds. The molecule has 0 heterocycles. The third-order valence-corrected chi connectivity index (χ3v) is 5.00. The van der Waals surface area contributed by atoms with E-state index < -0.39 is 12.0 Å². The maximum atomic E-state index is 11.1. The molecule has 0 aliphatic carbocycles. The van der Waals surface area contributed by atoms with E-state index in [-0.39, 0.29) is 11.5 Å². The van der Waals surface area contributed by atoms with Crippen molar-refractivity contribution in [3.63, 3.8) is 0 Å². The quantitative estimate of drug-likeness (QED) is 0.433. The molecule has 0 bridgehead atoms. The minimum atomic E-state index is -1.05. The Labute approximate surface area is 167 Å². The lowest BCUT2D eigenvalue weighted by Gasteiger charge is -2.16. The van der Waals surface area contributed by atoms with E-state index in [2.05, 4.69) is 4.99 Å². The molecule has 29 heavy (non-hydrogen) atoms. The molecule has 144 valence electrons. The molecule has 0 aromatic heterocycles. The first kappa shape index (κ1) is 18.5. The van der Waals surface area contributed by atoms with Gasteiger partial charge in [-0.3, -0.25) is 4.99 Å². The molecule has 5 heteroatoms. The Morgan fingerprint density at radius 3 is 2.21 bits per heavy atom. The number of carboxylic acid groups (broad SMARTS) is 1. The van der Waals surface area contributed by atoms with Crippen LogP contribution in [0.1, 0.15) is 12.5 Å². The van der Waals surface area contributed by atoms with Crippen molar-refractivity contribution in [3.8, 4) is 22.6 Å². The molecule has 4 aromatic rings. The SMILES string of the molecule is C[C@@H](N=Cc1cc2ccccc2c(-c2c(O)ccc3ccccc23)c1O)C(=O)O. The van der Waals surface area contributed by atoms with Crippen LogP contribution in [0.3, 0.4) is 0 Å². The van der Waals surface area contributed by atoms with Gasteiger partial charge in [-0.05, 0) is 40.6 Å². The minimum Gasteiger partial charge on any atom is -0.507 e. The van der Waals surface area contributed by atoms with Gasteiger partial charge in [0.2, 0.25) is 0 Å². The van der Waals surface area contributed by atoms with Crippen molar-refractivity contribution in [2.45, 2.75) is 13.0 Å². The van der Waals surface area contributed by atoms with Gasteiger partial charge >= 0.3 is 5.97 Å². The summed E-state index contributed by atoms with van der Waals surface area (Å²) in [5, 5.41) is 34.3. The number of hydrogen-bond donors (Lipinski definition) is 3. The van der Waals surface area contributed by atoms with E-state index in [1.165, 1.54) is 13.1 Å². The molecule has 0 aliphatic rings. The van der Waals surface area contributed by atoms with Crippen LogP contribution < -0.4 is 0 Å². The topological polar surface area (TPSA) is 90.1 Å². The summed E-state index contributed by atoms with van der Waals surface area (Å²) in [7, 11) is 0. The molecular formula is C24H19NO4. The third kappa shape index (κ3) is 3.27. The summed E-state index contributed by atoms with van der Waals surface area (Å²) in [6.45, 7) is 1.47. The van der Waals surface area contributed by atoms with Crippen molar-refractivity contribution in [1.29, 1.82) is 0 Å². The van der Waals surface area contributed by atoms with Crippen molar-refractivity contribution in [2.75, 3.05) is 0 Å². The highest BCUT2D eigenvalue weighted by molar-refractivity contribution is 6.12. The second-order valence-electron chi connectivity index (χ2n) is 6.88. The van der Waals surface area contributed by atoms with Crippen molar-refractivity contribution in [1.82, 2.24) is 0 Å². The normalized spacial score (nSPS) is 12.6.